The number of ether oxygens (including phenoxy) is 1. The molecule has 1 aromatic rings. The highest BCUT2D eigenvalue weighted by Crippen LogP contribution is 2.18. The van der Waals surface area contributed by atoms with E-state index >= 15 is 0 Å². The summed E-state index contributed by atoms with van der Waals surface area (Å²) in [5, 5.41) is 2.61. The molecule has 1 heterocycles. The van der Waals surface area contributed by atoms with Gasteiger partial charge in [-0.05, 0) is 30.5 Å². The van der Waals surface area contributed by atoms with Gasteiger partial charge in [-0.2, -0.15) is 8.78 Å². The number of hydrogen-bond acceptors (Lipinski definition) is 4. The topological polar surface area (TPSA) is 72.5 Å². The molecule has 2 rings (SSSR count). The van der Waals surface area contributed by atoms with Gasteiger partial charge in [0.05, 0.1) is 11.5 Å². The number of hydrogen-bond donors (Lipinski definition) is 1. The zero-order valence-electron chi connectivity index (χ0n) is 11.1. The Morgan fingerprint density at radius 3 is 2.81 bits per heavy atom. The van der Waals surface area contributed by atoms with Crippen molar-refractivity contribution in [2.24, 2.45) is 5.92 Å². The Kier molecular flexibility index (Phi) is 4.76. The standard InChI is InChI=1S/C13H15F2NO4S/c14-13(15)20-11-3-1-2-10(6-11)12(17)16-7-9-4-5-21(18,19)8-9/h1-3,6,9,13H,4-5,7-8H2,(H,16,17). The van der Waals surface area contributed by atoms with Crippen molar-refractivity contribution in [3.05, 3.63) is 29.8 Å². The summed E-state index contributed by atoms with van der Waals surface area (Å²) in [6.07, 6.45) is 0.525. The van der Waals surface area contributed by atoms with Gasteiger partial charge in [-0.1, -0.05) is 6.07 Å². The summed E-state index contributed by atoms with van der Waals surface area (Å²) in [5.41, 5.74) is 0.189. The van der Waals surface area contributed by atoms with Crippen molar-refractivity contribution in [3.63, 3.8) is 0 Å². The molecule has 1 fully saturated rings. The van der Waals surface area contributed by atoms with Gasteiger partial charge in [-0.3, -0.25) is 4.79 Å². The smallest absolute Gasteiger partial charge is 0.387 e. The van der Waals surface area contributed by atoms with Crippen molar-refractivity contribution < 1.29 is 26.7 Å². The summed E-state index contributed by atoms with van der Waals surface area (Å²) in [6.45, 7) is -2.70. The fourth-order valence-electron chi connectivity index (χ4n) is 2.19. The van der Waals surface area contributed by atoms with Crippen LogP contribution in [0.4, 0.5) is 8.78 Å². The van der Waals surface area contributed by atoms with E-state index in [0.717, 1.165) is 0 Å². The fraction of sp³-hybridized carbons (Fsp3) is 0.462. The molecule has 1 atom stereocenters. The zero-order valence-corrected chi connectivity index (χ0v) is 11.9. The third kappa shape index (κ3) is 4.66. The molecule has 1 unspecified atom stereocenters. The lowest BCUT2D eigenvalue weighted by Crippen LogP contribution is -2.29. The average molecular weight is 319 g/mol. The van der Waals surface area contributed by atoms with Crippen LogP contribution in [0, 0.1) is 5.92 Å². The molecule has 0 saturated carbocycles. The molecule has 0 spiro atoms. The molecule has 21 heavy (non-hydrogen) atoms. The molecule has 0 radical (unpaired) electrons. The van der Waals surface area contributed by atoms with Gasteiger partial charge in [0.25, 0.3) is 5.91 Å². The van der Waals surface area contributed by atoms with Crippen molar-refractivity contribution in [3.8, 4) is 5.75 Å². The van der Waals surface area contributed by atoms with E-state index in [2.05, 4.69) is 10.1 Å². The molecular formula is C13H15F2NO4S. The van der Waals surface area contributed by atoms with Crippen LogP contribution in [0.2, 0.25) is 0 Å². The molecule has 0 aromatic heterocycles. The Balaban J connectivity index is 1.91. The van der Waals surface area contributed by atoms with Crippen LogP contribution >= 0.6 is 0 Å². The highest BCUT2D eigenvalue weighted by atomic mass is 32.2. The van der Waals surface area contributed by atoms with Gasteiger partial charge in [-0.25, -0.2) is 8.42 Å². The van der Waals surface area contributed by atoms with Gasteiger partial charge in [0.15, 0.2) is 9.84 Å². The molecule has 5 nitrogen and oxygen atoms in total. The normalized spacial score (nSPS) is 20.4. The SMILES string of the molecule is O=C(NCC1CCS(=O)(=O)C1)c1cccc(OC(F)F)c1. The third-order valence-electron chi connectivity index (χ3n) is 3.20. The van der Waals surface area contributed by atoms with Crippen LogP contribution in [0.5, 0.6) is 5.75 Å². The number of benzene rings is 1. The molecule has 1 N–H and O–H groups in total. The Morgan fingerprint density at radius 2 is 2.19 bits per heavy atom. The monoisotopic (exact) mass is 319 g/mol. The van der Waals surface area contributed by atoms with Crippen molar-refractivity contribution in [2.45, 2.75) is 13.0 Å². The lowest BCUT2D eigenvalue weighted by atomic mass is 10.1. The summed E-state index contributed by atoms with van der Waals surface area (Å²) in [5.74, 6) is -0.424. The van der Waals surface area contributed by atoms with E-state index in [1.165, 1.54) is 24.3 Å². The van der Waals surface area contributed by atoms with Gasteiger partial charge in [-0.15, -0.1) is 0 Å². The largest absolute Gasteiger partial charge is 0.435 e. The molecule has 1 saturated heterocycles. The summed E-state index contributed by atoms with van der Waals surface area (Å²) in [4.78, 5) is 11.9. The highest BCUT2D eigenvalue weighted by molar-refractivity contribution is 7.91. The van der Waals surface area contributed by atoms with Gasteiger partial charge in [0, 0.05) is 12.1 Å². The molecule has 0 aliphatic carbocycles. The van der Waals surface area contributed by atoms with Crippen LogP contribution in [0.1, 0.15) is 16.8 Å². The second-order valence-corrected chi connectivity index (χ2v) is 7.11. The van der Waals surface area contributed by atoms with Gasteiger partial charge in [0.2, 0.25) is 0 Å². The first-order chi connectivity index (χ1) is 9.85. The first-order valence-electron chi connectivity index (χ1n) is 6.39. The van der Waals surface area contributed by atoms with Gasteiger partial charge >= 0.3 is 6.61 Å². The molecule has 1 aliphatic heterocycles. The number of rotatable bonds is 5. The van der Waals surface area contributed by atoms with E-state index in [0.29, 0.717) is 6.42 Å². The molecule has 1 aliphatic rings. The number of amides is 1. The average Bonchev–Trinajstić information content (AvgIpc) is 2.75. The second kappa shape index (κ2) is 6.38. The summed E-state index contributed by atoms with van der Waals surface area (Å²) >= 11 is 0. The number of carbonyl (C=O) groups excluding carboxylic acids is 1. The molecule has 116 valence electrons. The van der Waals surface area contributed by atoms with Crippen LogP contribution in [0.3, 0.4) is 0 Å². The van der Waals surface area contributed by atoms with Gasteiger partial charge < -0.3 is 10.1 Å². The van der Waals surface area contributed by atoms with E-state index < -0.39 is 22.4 Å². The lowest BCUT2D eigenvalue weighted by Gasteiger charge is -2.10. The Labute approximate surface area is 121 Å². The maximum Gasteiger partial charge on any atom is 0.387 e. The third-order valence-corrected chi connectivity index (χ3v) is 5.04. The zero-order chi connectivity index (χ0) is 15.5. The molecular weight excluding hydrogens is 304 g/mol. The van der Waals surface area contributed by atoms with Crippen LogP contribution < -0.4 is 10.1 Å². The maximum absolute atomic E-state index is 12.1. The molecule has 8 heteroatoms. The Morgan fingerprint density at radius 1 is 1.43 bits per heavy atom. The summed E-state index contributed by atoms with van der Waals surface area (Å²) < 4.78 is 51.0. The second-order valence-electron chi connectivity index (χ2n) is 4.89. The van der Waals surface area contributed by atoms with Crippen LogP contribution in [0.15, 0.2) is 24.3 Å². The van der Waals surface area contributed by atoms with E-state index in [-0.39, 0.29) is 35.3 Å². The quantitative estimate of drug-likeness (QED) is 0.891. The first-order valence-corrected chi connectivity index (χ1v) is 8.21. The molecule has 1 aromatic carbocycles. The van der Waals surface area contributed by atoms with Crippen LogP contribution in [-0.2, 0) is 9.84 Å². The fourth-order valence-corrected chi connectivity index (χ4v) is 4.05. The highest BCUT2D eigenvalue weighted by Gasteiger charge is 2.28. The maximum atomic E-state index is 12.1. The summed E-state index contributed by atoms with van der Waals surface area (Å²) in [7, 11) is -2.98. The Bertz CT molecular complexity index is 618. The minimum atomic E-state index is -2.98. The molecule has 1 amide bonds. The van der Waals surface area contributed by atoms with Crippen molar-refractivity contribution >= 4 is 15.7 Å². The minimum absolute atomic E-state index is 0.0712. The van der Waals surface area contributed by atoms with Crippen molar-refractivity contribution in [1.82, 2.24) is 5.32 Å². The van der Waals surface area contributed by atoms with E-state index in [9.17, 15) is 22.0 Å². The first kappa shape index (κ1) is 15.7. The molecule has 0 bridgehead atoms. The lowest BCUT2D eigenvalue weighted by molar-refractivity contribution is -0.0498. The van der Waals surface area contributed by atoms with E-state index in [1.807, 2.05) is 0 Å². The number of nitrogens with one attached hydrogen (secondary N) is 1. The number of halogens is 2. The predicted molar refractivity (Wildman–Crippen MR) is 72.2 cm³/mol. The van der Waals surface area contributed by atoms with E-state index in [1.54, 1.807) is 0 Å². The predicted octanol–water partition coefficient (Wildman–Crippen LogP) is 1.45. The summed E-state index contributed by atoms with van der Waals surface area (Å²) in [6, 6.07) is 5.45. The van der Waals surface area contributed by atoms with Gasteiger partial charge in [0.1, 0.15) is 5.75 Å². The Hall–Kier alpha value is -1.70. The number of sulfone groups is 1. The van der Waals surface area contributed by atoms with Crippen LogP contribution in [0.25, 0.3) is 0 Å². The van der Waals surface area contributed by atoms with Crippen LogP contribution in [-0.4, -0.2) is 39.0 Å². The number of alkyl halides is 2. The van der Waals surface area contributed by atoms with E-state index in [4.69, 9.17) is 0 Å². The van der Waals surface area contributed by atoms with Crippen molar-refractivity contribution in [2.75, 3.05) is 18.1 Å². The number of carbonyl (C=O) groups is 1. The van der Waals surface area contributed by atoms with Crippen molar-refractivity contribution in [1.29, 1.82) is 0 Å². The minimum Gasteiger partial charge on any atom is -0.435 e.